The van der Waals surface area contributed by atoms with Crippen LogP contribution in [0.3, 0.4) is 0 Å². The summed E-state index contributed by atoms with van der Waals surface area (Å²) in [5, 5.41) is 0.744. The van der Waals surface area contributed by atoms with Gasteiger partial charge >= 0.3 is 0 Å². The number of para-hydroxylation sites is 1. The minimum absolute atomic E-state index is 0.718. The van der Waals surface area contributed by atoms with Crippen LogP contribution in [0.4, 0.5) is 5.69 Å². The molecule has 3 heteroatoms. The predicted octanol–water partition coefficient (Wildman–Crippen LogP) is 4.24. The van der Waals surface area contributed by atoms with E-state index in [1.54, 1.807) is 0 Å². The molecule has 15 heavy (non-hydrogen) atoms. The Morgan fingerprint density at radius 2 is 2.13 bits per heavy atom. The highest BCUT2D eigenvalue weighted by molar-refractivity contribution is 9.11. The highest BCUT2D eigenvalue weighted by atomic mass is 79.9. The van der Waals surface area contributed by atoms with Crippen LogP contribution < -0.4 is 4.90 Å². The van der Waals surface area contributed by atoms with Crippen LogP contribution >= 0.6 is 27.5 Å². The van der Waals surface area contributed by atoms with E-state index in [0.717, 1.165) is 28.3 Å². The van der Waals surface area contributed by atoms with E-state index in [9.17, 15) is 0 Å². The van der Waals surface area contributed by atoms with Crippen LogP contribution in [-0.4, -0.2) is 13.1 Å². The van der Waals surface area contributed by atoms with E-state index >= 15 is 0 Å². The van der Waals surface area contributed by atoms with Crippen LogP contribution in [0.15, 0.2) is 48.0 Å². The fraction of sp³-hybridized carbons (Fsp3) is 0.167. The van der Waals surface area contributed by atoms with Gasteiger partial charge in [0.25, 0.3) is 0 Å². The Labute approximate surface area is 104 Å². The number of hydrogen-bond donors (Lipinski definition) is 0. The number of hydrogen-bond acceptors (Lipinski definition) is 1. The lowest BCUT2D eigenvalue weighted by molar-refractivity contribution is 0.952. The summed E-state index contributed by atoms with van der Waals surface area (Å²) in [7, 11) is 0. The maximum Gasteiger partial charge on any atom is 0.0639 e. The highest BCUT2D eigenvalue weighted by Crippen LogP contribution is 2.26. The van der Waals surface area contributed by atoms with E-state index < -0.39 is 0 Å². The molecular formula is C12H13BrClN. The van der Waals surface area contributed by atoms with Gasteiger partial charge in [-0.25, -0.2) is 0 Å². The Morgan fingerprint density at radius 1 is 1.47 bits per heavy atom. The van der Waals surface area contributed by atoms with Crippen molar-refractivity contribution in [2.75, 3.05) is 18.0 Å². The first-order chi connectivity index (χ1) is 7.15. The minimum Gasteiger partial charge on any atom is -0.362 e. The standard InChI is InChI=1S/C12H13BrClN/c1-3-8-15(9-10(2)13)12-7-5-4-6-11(12)14/h3-7H,1-2,8-9H2. The molecule has 0 saturated heterocycles. The molecule has 0 bridgehead atoms. The van der Waals surface area contributed by atoms with Crippen molar-refractivity contribution < 1.29 is 0 Å². The van der Waals surface area contributed by atoms with Crippen LogP contribution in [-0.2, 0) is 0 Å². The summed E-state index contributed by atoms with van der Waals surface area (Å²) in [5.74, 6) is 0. The summed E-state index contributed by atoms with van der Waals surface area (Å²) < 4.78 is 0.921. The Balaban J connectivity index is 2.92. The number of nitrogens with zero attached hydrogens (tertiary/aromatic N) is 1. The third kappa shape index (κ3) is 3.73. The van der Waals surface area contributed by atoms with E-state index in [-0.39, 0.29) is 0 Å². The average molecular weight is 287 g/mol. The second kappa shape index (κ2) is 5.99. The summed E-state index contributed by atoms with van der Waals surface area (Å²) in [4.78, 5) is 2.10. The molecule has 0 spiro atoms. The van der Waals surface area contributed by atoms with Gasteiger partial charge in [-0.3, -0.25) is 0 Å². The summed E-state index contributed by atoms with van der Waals surface area (Å²) >= 11 is 9.47. The molecule has 0 unspecified atom stereocenters. The molecule has 0 aliphatic carbocycles. The fourth-order valence-corrected chi connectivity index (χ4v) is 1.88. The van der Waals surface area contributed by atoms with Crippen molar-refractivity contribution in [1.82, 2.24) is 0 Å². The molecule has 0 aromatic heterocycles. The van der Waals surface area contributed by atoms with Crippen LogP contribution in [0.1, 0.15) is 0 Å². The Morgan fingerprint density at radius 3 is 2.67 bits per heavy atom. The maximum atomic E-state index is 6.12. The van der Waals surface area contributed by atoms with Gasteiger partial charge in [-0.15, -0.1) is 6.58 Å². The van der Waals surface area contributed by atoms with Crippen molar-refractivity contribution in [2.24, 2.45) is 0 Å². The molecular weight excluding hydrogens is 273 g/mol. The van der Waals surface area contributed by atoms with Gasteiger partial charge in [0, 0.05) is 17.6 Å². The smallest absolute Gasteiger partial charge is 0.0639 e. The van der Waals surface area contributed by atoms with Crippen molar-refractivity contribution in [3.63, 3.8) is 0 Å². The first-order valence-corrected chi connectivity index (χ1v) is 5.76. The van der Waals surface area contributed by atoms with Crippen LogP contribution in [0, 0.1) is 0 Å². The highest BCUT2D eigenvalue weighted by Gasteiger charge is 2.08. The third-order valence-corrected chi connectivity index (χ3v) is 2.48. The maximum absolute atomic E-state index is 6.12. The summed E-state index contributed by atoms with van der Waals surface area (Å²) in [6.45, 7) is 9.03. The van der Waals surface area contributed by atoms with Gasteiger partial charge < -0.3 is 4.90 Å². The zero-order valence-electron chi connectivity index (χ0n) is 8.42. The minimum atomic E-state index is 0.718. The summed E-state index contributed by atoms with van der Waals surface area (Å²) in [5.41, 5.74) is 1.000. The van der Waals surface area contributed by atoms with Gasteiger partial charge in [0.15, 0.2) is 0 Å². The lowest BCUT2D eigenvalue weighted by Gasteiger charge is -2.23. The van der Waals surface area contributed by atoms with Crippen LogP contribution in [0.2, 0.25) is 5.02 Å². The Kier molecular flexibility index (Phi) is 4.92. The number of benzene rings is 1. The second-order valence-electron chi connectivity index (χ2n) is 3.14. The van der Waals surface area contributed by atoms with E-state index in [1.807, 2.05) is 30.3 Å². The van der Waals surface area contributed by atoms with Crippen molar-refractivity contribution in [3.05, 3.63) is 53.0 Å². The monoisotopic (exact) mass is 285 g/mol. The summed E-state index contributed by atoms with van der Waals surface area (Å²) in [6.07, 6.45) is 1.85. The molecule has 80 valence electrons. The molecule has 0 aliphatic heterocycles. The lowest BCUT2D eigenvalue weighted by Crippen LogP contribution is -2.24. The van der Waals surface area contributed by atoms with E-state index in [4.69, 9.17) is 11.6 Å². The molecule has 0 aliphatic rings. The van der Waals surface area contributed by atoms with E-state index in [1.165, 1.54) is 0 Å². The molecule has 1 aromatic rings. The van der Waals surface area contributed by atoms with Gasteiger partial charge in [0.1, 0.15) is 0 Å². The SMILES string of the molecule is C=CCN(CC(=C)Br)c1ccccc1Cl. The molecule has 0 atom stereocenters. The van der Waals surface area contributed by atoms with Crippen molar-refractivity contribution in [1.29, 1.82) is 0 Å². The number of anilines is 1. The Hall–Kier alpha value is -0.730. The first-order valence-electron chi connectivity index (χ1n) is 4.58. The molecule has 0 heterocycles. The zero-order chi connectivity index (χ0) is 11.3. The molecule has 0 N–H and O–H groups in total. The van der Waals surface area contributed by atoms with Gasteiger partial charge in [-0.1, -0.05) is 52.3 Å². The predicted molar refractivity (Wildman–Crippen MR) is 71.9 cm³/mol. The molecule has 0 fully saturated rings. The fourth-order valence-electron chi connectivity index (χ4n) is 1.32. The van der Waals surface area contributed by atoms with E-state index in [2.05, 4.69) is 34.0 Å². The summed E-state index contributed by atoms with van der Waals surface area (Å²) in [6, 6.07) is 7.75. The van der Waals surface area contributed by atoms with Crippen molar-refractivity contribution in [3.8, 4) is 0 Å². The van der Waals surface area contributed by atoms with Crippen LogP contribution in [0.5, 0.6) is 0 Å². The third-order valence-electron chi connectivity index (χ3n) is 1.91. The molecule has 1 rings (SSSR count). The van der Waals surface area contributed by atoms with E-state index in [0.29, 0.717) is 0 Å². The number of halogens is 2. The molecule has 1 nitrogen and oxygen atoms in total. The van der Waals surface area contributed by atoms with Crippen molar-refractivity contribution >= 4 is 33.2 Å². The van der Waals surface area contributed by atoms with Gasteiger partial charge in [0.2, 0.25) is 0 Å². The number of rotatable bonds is 5. The normalized spacial score (nSPS) is 9.73. The van der Waals surface area contributed by atoms with Gasteiger partial charge in [-0.2, -0.15) is 0 Å². The lowest BCUT2D eigenvalue weighted by atomic mass is 10.3. The second-order valence-corrected chi connectivity index (χ2v) is 4.67. The first kappa shape index (κ1) is 12.3. The topological polar surface area (TPSA) is 3.24 Å². The largest absolute Gasteiger partial charge is 0.362 e. The van der Waals surface area contributed by atoms with Gasteiger partial charge in [-0.05, 0) is 12.1 Å². The quantitative estimate of drug-likeness (QED) is 0.732. The molecule has 0 saturated carbocycles. The van der Waals surface area contributed by atoms with Gasteiger partial charge in [0.05, 0.1) is 10.7 Å². The van der Waals surface area contributed by atoms with Crippen molar-refractivity contribution in [2.45, 2.75) is 0 Å². The molecule has 1 aromatic carbocycles. The molecule has 0 amide bonds. The Bertz CT molecular complexity index is 362. The van der Waals surface area contributed by atoms with Crippen LogP contribution in [0.25, 0.3) is 0 Å². The zero-order valence-corrected chi connectivity index (χ0v) is 10.8. The molecule has 0 radical (unpaired) electrons. The average Bonchev–Trinajstić information content (AvgIpc) is 2.17.